The van der Waals surface area contributed by atoms with Crippen molar-refractivity contribution in [3.8, 4) is 0 Å². The first-order valence-electron chi connectivity index (χ1n) is 11.5. The molecule has 2 unspecified atom stereocenters. The van der Waals surface area contributed by atoms with Crippen molar-refractivity contribution < 1.29 is 22.7 Å². The summed E-state index contributed by atoms with van der Waals surface area (Å²) in [5, 5.41) is 2.70. The topological polar surface area (TPSA) is 131 Å². The van der Waals surface area contributed by atoms with Gasteiger partial charge in [-0.3, -0.25) is 9.59 Å². The third kappa shape index (κ3) is 7.60. The largest absolute Gasteiger partial charge is 0.374 e. The van der Waals surface area contributed by atoms with E-state index in [1.54, 1.807) is 43.0 Å². The minimum Gasteiger partial charge on any atom is -0.374 e. The lowest BCUT2D eigenvalue weighted by Gasteiger charge is -2.27. The zero-order valence-corrected chi connectivity index (χ0v) is 21.2. The summed E-state index contributed by atoms with van der Waals surface area (Å²) in [5.41, 5.74) is 6.63. The normalized spacial score (nSPS) is 17.3. The number of aryl methyl sites for hydroxylation is 1. The molecule has 0 saturated carbocycles. The van der Waals surface area contributed by atoms with Crippen LogP contribution >= 0.6 is 0 Å². The Balaban J connectivity index is 1.63. The highest BCUT2D eigenvalue weighted by atomic mass is 32.2. The molecule has 0 radical (unpaired) electrons. The molecule has 0 aliphatic carbocycles. The molecule has 4 N–H and O–H groups in total. The molecule has 1 aliphatic rings. The number of benzene rings is 2. The van der Waals surface area contributed by atoms with Gasteiger partial charge in [0.25, 0.3) is 0 Å². The van der Waals surface area contributed by atoms with Crippen molar-refractivity contribution in [1.29, 1.82) is 0 Å². The van der Waals surface area contributed by atoms with E-state index in [0.29, 0.717) is 13.0 Å². The summed E-state index contributed by atoms with van der Waals surface area (Å²) < 4.78 is 33.9. The van der Waals surface area contributed by atoms with Crippen LogP contribution in [0.15, 0.2) is 59.5 Å². The van der Waals surface area contributed by atoms with Gasteiger partial charge in [-0.25, -0.2) is 13.1 Å². The lowest BCUT2D eigenvalue weighted by atomic mass is 10.1. The van der Waals surface area contributed by atoms with Crippen LogP contribution in [-0.2, 0) is 31.0 Å². The molecule has 2 aromatic carbocycles. The molecular formula is C25H34N4O5S. The van der Waals surface area contributed by atoms with Gasteiger partial charge in [-0.05, 0) is 44.9 Å². The summed E-state index contributed by atoms with van der Waals surface area (Å²) in [7, 11) is -3.71. The van der Waals surface area contributed by atoms with E-state index >= 15 is 0 Å². The summed E-state index contributed by atoms with van der Waals surface area (Å²) in [6.45, 7) is 5.80. The lowest BCUT2D eigenvalue weighted by Crippen LogP contribution is -2.57. The quantitative estimate of drug-likeness (QED) is 0.449. The Labute approximate surface area is 207 Å². The number of hydrogen-bond acceptors (Lipinski definition) is 6. The minimum atomic E-state index is -3.71. The molecule has 0 spiro atoms. The maximum Gasteiger partial charge on any atom is 0.247 e. The predicted octanol–water partition coefficient (Wildman–Crippen LogP) is 1.31. The highest BCUT2D eigenvalue weighted by Crippen LogP contribution is 2.16. The van der Waals surface area contributed by atoms with Crippen molar-refractivity contribution in [2.75, 3.05) is 19.7 Å². The molecule has 2 amide bonds. The van der Waals surface area contributed by atoms with E-state index in [1.807, 2.05) is 37.3 Å². The second-order valence-electron chi connectivity index (χ2n) is 9.45. The van der Waals surface area contributed by atoms with Crippen LogP contribution in [0.1, 0.15) is 31.4 Å². The fourth-order valence-electron chi connectivity index (χ4n) is 3.67. The van der Waals surface area contributed by atoms with Crippen LogP contribution in [0.4, 0.5) is 0 Å². The number of nitrogens with one attached hydrogen (secondary N) is 2. The number of ether oxygens (including phenoxy) is 1. The summed E-state index contributed by atoms with van der Waals surface area (Å²) in [5.74, 6) is -0.817. The number of carbonyl (C=O) groups is 2. The average Bonchev–Trinajstić information content (AvgIpc) is 3.26. The van der Waals surface area contributed by atoms with E-state index in [9.17, 15) is 18.0 Å². The second kappa shape index (κ2) is 11.3. The van der Waals surface area contributed by atoms with Crippen LogP contribution in [0.25, 0.3) is 0 Å². The molecule has 0 aromatic heterocycles. The van der Waals surface area contributed by atoms with E-state index < -0.39 is 33.6 Å². The van der Waals surface area contributed by atoms with Crippen molar-refractivity contribution in [2.24, 2.45) is 5.73 Å². The number of likely N-dealkylation sites (tertiary alicyclic amines) is 1. The monoisotopic (exact) mass is 502 g/mol. The number of amides is 2. The average molecular weight is 503 g/mol. The number of sulfonamides is 1. The molecule has 2 aromatic rings. The summed E-state index contributed by atoms with van der Waals surface area (Å²) in [6.07, 6.45) is 0.463. The third-order valence-corrected chi connectivity index (χ3v) is 7.27. The van der Waals surface area contributed by atoms with Gasteiger partial charge < -0.3 is 20.7 Å². The highest BCUT2D eigenvalue weighted by molar-refractivity contribution is 7.89. The van der Waals surface area contributed by atoms with Gasteiger partial charge in [-0.15, -0.1) is 0 Å². The smallest absolute Gasteiger partial charge is 0.247 e. The first-order valence-corrected chi connectivity index (χ1v) is 13.0. The van der Waals surface area contributed by atoms with Crippen LogP contribution in [-0.4, -0.2) is 62.5 Å². The van der Waals surface area contributed by atoms with Crippen molar-refractivity contribution in [3.05, 3.63) is 65.7 Å². The molecule has 2 atom stereocenters. The first-order chi connectivity index (χ1) is 16.5. The molecule has 190 valence electrons. The number of rotatable bonds is 10. The van der Waals surface area contributed by atoms with Crippen molar-refractivity contribution in [3.63, 3.8) is 0 Å². The molecule has 10 heteroatoms. The van der Waals surface area contributed by atoms with E-state index in [1.165, 1.54) is 0 Å². The van der Waals surface area contributed by atoms with Gasteiger partial charge in [0.15, 0.2) is 0 Å². The fourth-order valence-corrected chi connectivity index (χ4v) is 4.93. The number of nitrogens with zero attached hydrogens (tertiary/aromatic N) is 1. The van der Waals surface area contributed by atoms with Gasteiger partial charge in [0, 0.05) is 19.1 Å². The Kier molecular flexibility index (Phi) is 8.65. The van der Waals surface area contributed by atoms with Gasteiger partial charge in [0.05, 0.1) is 23.6 Å². The van der Waals surface area contributed by atoms with Gasteiger partial charge in [-0.1, -0.05) is 48.0 Å². The molecule has 1 heterocycles. The van der Waals surface area contributed by atoms with Crippen LogP contribution in [0.5, 0.6) is 0 Å². The Morgan fingerprint density at radius 1 is 1.14 bits per heavy atom. The van der Waals surface area contributed by atoms with Crippen molar-refractivity contribution in [2.45, 2.75) is 56.3 Å². The van der Waals surface area contributed by atoms with Crippen LogP contribution in [0.2, 0.25) is 0 Å². The molecule has 1 aliphatic heterocycles. The van der Waals surface area contributed by atoms with Crippen LogP contribution in [0.3, 0.4) is 0 Å². The van der Waals surface area contributed by atoms with E-state index in [4.69, 9.17) is 10.5 Å². The standard InChI is InChI=1S/C25H34N4O5S/c1-18-9-11-21(12-10-18)35(32,33)28-20-13-14-29(15-20)23(30)22(27-24(31)25(2,3)26)17-34-16-19-7-5-4-6-8-19/h4-12,20,22,28H,13-17,26H2,1-3H3,(H,27,31). The first kappa shape index (κ1) is 26.8. The van der Waals surface area contributed by atoms with E-state index in [2.05, 4.69) is 10.0 Å². The molecule has 0 bridgehead atoms. The van der Waals surface area contributed by atoms with Gasteiger partial charge >= 0.3 is 0 Å². The zero-order chi connectivity index (χ0) is 25.6. The maximum absolute atomic E-state index is 13.3. The van der Waals surface area contributed by atoms with E-state index in [0.717, 1.165) is 11.1 Å². The van der Waals surface area contributed by atoms with Crippen LogP contribution < -0.4 is 15.8 Å². The highest BCUT2D eigenvalue weighted by Gasteiger charge is 2.35. The predicted molar refractivity (Wildman–Crippen MR) is 133 cm³/mol. The molecule has 3 rings (SSSR count). The SMILES string of the molecule is Cc1ccc(S(=O)(=O)NC2CCN(C(=O)C(COCc3ccccc3)NC(=O)C(C)(C)N)C2)cc1. The Hall–Kier alpha value is -2.79. The molecule has 9 nitrogen and oxygen atoms in total. The molecular weight excluding hydrogens is 468 g/mol. The Morgan fingerprint density at radius 3 is 2.43 bits per heavy atom. The zero-order valence-electron chi connectivity index (χ0n) is 20.4. The maximum atomic E-state index is 13.3. The second-order valence-corrected chi connectivity index (χ2v) is 11.2. The molecule has 1 saturated heterocycles. The van der Waals surface area contributed by atoms with Crippen LogP contribution in [0, 0.1) is 6.92 Å². The van der Waals surface area contributed by atoms with Crippen molar-refractivity contribution in [1.82, 2.24) is 14.9 Å². The fraction of sp³-hybridized carbons (Fsp3) is 0.440. The van der Waals surface area contributed by atoms with Gasteiger partial charge in [0.1, 0.15) is 6.04 Å². The number of hydrogen-bond donors (Lipinski definition) is 3. The molecule has 1 fully saturated rings. The van der Waals surface area contributed by atoms with Gasteiger partial charge in [0.2, 0.25) is 21.8 Å². The van der Waals surface area contributed by atoms with Gasteiger partial charge in [-0.2, -0.15) is 0 Å². The minimum absolute atomic E-state index is 0.0359. The summed E-state index contributed by atoms with van der Waals surface area (Å²) in [4.78, 5) is 27.5. The Bertz CT molecular complexity index is 1110. The number of nitrogens with two attached hydrogens (primary N) is 1. The lowest BCUT2D eigenvalue weighted by molar-refractivity contribution is -0.138. The number of carbonyl (C=O) groups excluding carboxylic acids is 2. The van der Waals surface area contributed by atoms with Crippen molar-refractivity contribution >= 4 is 21.8 Å². The van der Waals surface area contributed by atoms with E-state index in [-0.39, 0.29) is 30.6 Å². The molecule has 35 heavy (non-hydrogen) atoms. The Morgan fingerprint density at radius 2 is 1.80 bits per heavy atom. The summed E-state index contributed by atoms with van der Waals surface area (Å²) >= 11 is 0. The summed E-state index contributed by atoms with van der Waals surface area (Å²) in [6, 6.07) is 14.7. The third-order valence-electron chi connectivity index (χ3n) is 5.74.